The predicted octanol–water partition coefficient (Wildman–Crippen LogP) is 2.22. The fourth-order valence-corrected chi connectivity index (χ4v) is 1.43. The second-order valence-electron chi connectivity index (χ2n) is 3.80. The maximum Gasteiger partial charge on any atom is 0.178 e. The summed E-state index contributed by atoms with van der Waals surface area (Å²) in [6, 6.07) is 4.00. The van der Waals surface area contributed by atoms with Crippen molar-refractivity contribution in [2.45, 2.75) is 20.3 Å². The van der Waals surface area contributed by atoms with E-state index in [0.717, 1.165) is 23.3 Å². The summed E-state index contributed by atoms with van der Waals surface area (Å²) in [6.45, 7) is 4.37. The van der Waals surface area contributed by atoms with Crippen molar-refractivity contribution in [2.24, 2.45) is 5.92 Å². The van der Waals surface area contributed by atoms with Crippen molar-refractivity contribution in [3.63, 3.8) is 0 Å². The van der Waals surface area contributed by atoms with Crippen LogP contribution in [0.15, 0.2) is 24.5 Å². The van der Waals surface area contributed by atoms with E-state index in [9.17, 15) is 0 Å². The molecule has 0 aliphatic rings. The van der Waals surface area contributed by atoms with Gasteiger partial charge in [-0.05, 0) is 24.5 Å². The lowest BCUT2D eigenvalue weighted by molar-refractivity contribution is 0.636. The largest absolute Gasteiger partial charge is 0.251 e. The summed E-state index contributed by atoms with van der Waals surface area (Å²) in [7, 11) is 0. The summed E-state index contributed by atoms with van der Waals surface area (Å²) in [6.07, 6.45) is 4.35. The number of rotatable bonds is 2. The van der Waals surface area contributed by atoms with Gasteiger partial charge in [-0.1, -0.05) is 13.8 Å². The van der Waals surface area contributed by atoms with Crippen LogP contribution in [-0.4, -0.2) is 15.0 Å². The lowest BCUT2D eigenvalue weighted by atomic mass is 10.1. The molecule has 2 heterocycles. The minimum atomic E-state index is 0.622. The molecule has 0 atom stereocenters. The smallest absolute Gasteiger partial charge is 0.178 e. The van der Waals surface area contributed by atoms with E-state index in [0.29, 0.717) is 5.92 Å². The van der Waals surface area contributed by atoms with Crippen LogP contribution in [0, 0.1) is 5.92 Å². The molecule has 0 bridgehead atoms. The first-order valence-electron chi connectivity index (χ1n) is 4.82. The van der Waals surface area contributed by atoms with Gasteiger partial charge in [0, 0.05) is 18.1 Å². The van der Waals surface area contributed by atoms with E-state index >= 15 is 0 Å². The van der Waals surface area contributed by atoms with Crippen molar-refractivity contribution < 1.29 is 0 Å². The summed E-state index contributed by atoms with van der Waals surface area (Å²) >= 11 is 0. The number of pyridine rings is 1. The average Bonchev–Trinajstić information content (AvgIpc) is 2.17. The minimum Gasteiger partial charge on any atom is -0.251 e. The SMILES string of the molecule is CC(C)Cc1ccc2nccnc2n1. The first kappa shape index (κ1) is 9.06. The Hall–Kier alpha value is -1.51. The van der Waals surface area contributed by atoms with Gasteiger partial charge in [0.15, 0.2) is 5.65 Å². The summed E-state index contributed by atoms with van der Waals surface area (Å²) in [5.41, 5.74) is 2.69. The maximum absolute atomic E-state index is 4.44. The third kappa shape index (κ3) is 1.87. The lowest BCUT2D eigenvalue weighted by Crippen LogP contribution is -1.98. The van der Waals surface area contributed by atoms with Gasteiger partial charge in [-0.3, -0.25) is 4.98 Å². The van der Waals surface area contributed by atoms with E-state index in [1.54, 1.807) is 12.4 Å². The Labute approximate surface area is 83.2 Å². The fourth-order valence-electron chi connectivity index (χ4n) is 1.43. The van der Waals surface area contributed by atoms with Crippen LogP contribution < -0.4 is 0 Å². The Morgan fingerprint density at radius 1 is 1.14 bits per heavy atom. The lowest BCUT2D eigenvalue weighted by Gasteiger charge is -2.03. The maximum atomic E-state index is 4.44. The van der Waals surface area contributed by atoms with E-state index in [2.05, 4.69) is 28.8 Å². The van der Waals surface area contributed by atoms with Gasteiger partial charge in [-0.2, -0.15) is 0 Å². The van der Waals surface area contributed by atoms with E-state index in [1.807, 2.05) is 12.1 Å². The van der Waals surface area contributed by atoms with Gasteiger partial charge < -0.3 is 0 Å². The van der Waals surface area contributed by atoms with Crippen LogP contribution >= 0.6 is 0 Å². The molecule has 0 fully saturated rings. The molecule has 0 aliphatic carbocycles. The van der Waals surface area contributed by atoms with Gasteiger partial charge >= 0.3 is 0 Å². The second-order valence-corrected chi connectivity index (χ2v) is 3.80. The summed E-state index contributed by atoms with van der Waals surface area (Å²) < 4.78 is 0. The van der Waals surface area contributed by atoms with Crippen LogP contribution in [0.4, 0.5) is 0 Å². The summed E-state index contributed by atoms with van der Waals surface area (Å²) in [5.74, 6) is 0.622. The topological polar surface area (TPSA) is 38.7 Å². The van der Waals surface area contributed by atoms with E-state index in [4.69, 9.17) is 0 Å². The zero-order valence-electron chi connectivity index (χ0n) is 8.44. The Morgan fingerprint density at radius 3 is 2.71 bits per heavy atom. The molecule has 0 unspecified atom stereocenters. The highest BCUT2D eigenvalue weighted by Gasteiger charge is 2.01. The van der Waals surface area contributed by atoms with Gasteiger partial charge in [0.25, 0.3) is 0 Å². The third-order valence-electron chi connectivity index (χ3n) is 2.01. The molecule has 3 heteroatoms. The van der Waals surface area contributed by atoms with E-state index in [-0.39, 0.29) is 0 Å². The van der Waals surface area contributed by atoms with Crippen LogP contribution in [0.25, 0.3) is 11.2 Å². The van der Waals surface area contributed by atoms with Crippen molar-refractivity contribution in [3.8, 4) is 0 Å². The molecule has 3 nitrogen and oxygen atoms in total. The average molecular weight is 187 g/mol. The van der Waals surface area contributed by atoms with Crippen LogP contribution in [0.2, 0.25) is 0 Å². The second kappa shape index (κ2) is 3.70. The molecule has 0 spiro atoms. The van der Waals surface area contributed by atoms with E-state index < -0.39 is 0 Å². The predicted molar refractivity (Wildman–Crippen MR) is 55.9 cm³/mol. The van der Waals surface area contributed by atoms with Crippen LogP contribution in [0.3, 0.4) is 0 Å². The highest BCUT2D eigenvalue weighted by atomic mass is 14.9. The Morgan fingerprint density at radius 2 is 1.93 bits per heavy atom. The van der Waals surface area contributed by atoms with Crippen LogP contribution in [0.5, 0.6) is 0 Å². The number of fused-ring (bicyclic) bond motifs is 1. The molecule has 0 radical (unpaired) electrons. The molecule has 0 saturated heterocycles. The molecule has 0 saturated carbocycles. The molecule has 2 rings (SSSR count). The highest BCUT2D eigenvalue weighted by molar-refractivity contribution is 5.68. The molecule has 2 aromatic rings. The van der Waals surface area contributed by atoms with Gasteiger partial charge in [-0.25, -0.2) is 9.97 Å². The zero-order valence-corrected chi connectivity index (χ0v) is 8.44. The standard InChI is InChI=1S/C11H13N3/c1-8(2)7-9-3-4-10-11(14-9)13-6-5-12-10/h3-6,8H,7H2,1-2H3. The van der Waals surface area contributed by atoms with Crippen LogP contribution in [-0.2, 0) is 6.42 Å². The van der Waals surface area contributed by atoms with Crippen molar-refractivity contribution in [1.29, 1.82) is 0 Å². The van der Waals surface area contributed by atoms with Gasteiger partial charge in [0.2, 0.25) is 0 Å². The molecule has 14 heavy (non-hydrogen) atoms. The monoisotopic (exact) mass is 187 g/mol. The molecule has 0 amide bonds. The van der Waals surface area contributed by atoms with Crippen LogP contribution in [0.1, 0.15) is 19.5 Å². The Kier molecular flexibility index (Phi) is 2.39. The van der Waals surface area contributed by atoms with Crippen molar-refractivity contribution in [1.82, 2.24) is 15.0 Å². The van der Waals surface area contributed by atoms with Crippen molar-refractivity contribution in [2.75, 3.05) is 0 Å². The molecule has 0 aromatic carbocycles. The fraction of sp³-hybridized carbons (Fsp3) is 0.364. The highest BCUT2D eigenvalue weighted by Crippen LogP contribution is 2.09. The normalized spacial score (nSPS) is 11.1. The molecule has 0 aliphatic heterocycles. The number of hydrogen-bond acceptors (Lipinski definition) is 3. The zero-order chi connectivity index (χ0) is 9.97. The number of aromatic nitrogens is 3. The van der Waals surface area contributed by atoms with Crippen molar-refractivity contribution >= 4 is 11.2 Å². The third-order valence-corrected chi connectivity index (χ3v) is 2.01. The Balaban J connectivity index is 2.41. The number of hydrogen-bond donors (Lipinski definition) is 0. The van der Waals surface area contributed by atoms with Gasteiger partial charge in [-0.15, -0.1) is 0 Å². The van der Waals surface area contributed by atoms with Gasteiger partial charge in [0.05, 0.1) is 0 Å². The molecule has 2 aromatic heterocycles. The molecule has 72 valence electrons. The Bertz CT molecular complexity index is 437. The minimum absolute atomic E-state index is 0.622. The van der Waals surface area contributed by atoms with E-state index in [1.165, 1.54) is 0 Å². The molecular formula is C11H13N3. The molecular weight excluding hydrogens is 174 g/mol. The number of nitrogens with zero attached hydrogens (tertiary/aromatic N) is 3. The first-order valence-corrected chi connectivity index (χ1v) is 4.82. The van der Waals surface area contributed by atoms with Crippen molar-refractivity contribution in [3.05, 3.63) is 30.2 Å². The first-order chi connectivity index (χ1) is 6.75. The quantitative estimate of drug-likeness (QED) is 0.723. The molecule has 0 N–H and O–H groups in total. The van der Waals surface area contributed by atoms with Gasteiger partial charge in [0.1, 0.15) is 5.52 Å². The summed E-state index contributed by atoms with van der Waals surface area (Å²) in [5, 5.41) is 0. The summed E-state index contributed by atoms with van der Waals surface area (Å²) in [4.78, 5) is 12.8.